The Morgan fingerprint density at radius 1 is 1.27 bits per heavy atom. The van der Waals surface area contributed by atoms with E-state index < -0.39 is 5.60 Å². The van der Waals surface area contributed by atoms with Crippen molar-refractivity contribution in [2.24, 2.45) is 5.41 Å². The quantitative estimate of drug-likeness (QED) is 0.589. The van der Waals surface area contributed by atoms with E-state index >= 15 is 0 Å². The van der Waals surface area contributed by atoms with Gasteiger partial charge >= 0.3 is 6.09 Å². The van der Waals surface area contributed by atoms with Crippen LogP contribution in [0.4, 0.5) is 10.8 Å². The van der Waals surface area contributed by atoms with E-state index in [1.165, 1.54) is 0 Å². The molecule has 2 atom stereocenters. The Bertz CT molecular complexity index is 890. The van der Waals surface area contributed by atoms with Gasteiger partial charge in [0.25, 0.3) is 6.01 Å². The summed E-state index contributed by atoms with van der Waals surface area (Å²) in [6.45, 7) is 10.4. The molecule has 30 heavy (non-hydrogen) atoms. The smallest absolute Gasteiger partial charge is 0.410 e. The largest absolute Gasteiger partial charge is 0.443 e. The van der Waals surface area contributed by atoms with Gasteiger partial charge in [0.05, 0.1) is 0 Å². The molecule has 2 unspecified atom stereocenters. The molecular weight excluding hydrogens is 404 g/mol. The number of aromatic nitrogens is 2. The second kappa shape index (κ2) is 8.61. The van der Waals surface area contributed by atoms with Crippen LogP contribution in [-0.4, -0.2) is 45.7 Å². The number of fused-ring (bicyclic) bond motifs is 1. The van der Waals surface area contributed by atoms with Crippen molar-refractivity contribution in [2.75, 3.05) is 12.4 Å². The molecule has 0 saturated heterocycles. The molecule has 2 aromatic heterocycles. The van der Waals surface area contributed by atoms with Gasteiger partial charge in [0.15, 0.2) is 5.58 Å². The lowest BCUT2D eigenvalue weighted by molar-refractivity contribution is -0.0139. The molecule has 0 radical (unpaired) electrons. The van der Waals surface area contributed by atoms with Crippen LogP contribution >= 0.6 is 11.6 Å². The zero-order valence-corrected chi connectivity index (χ0v) is 19.5. The molecule has 1 N–H and O–H groups in total. The summed E-state index contributed by atoms with van der Waals surface area (Å²) in [5, 5.41) is 3.74. The van der Waals surface area contributed by atoms with Crippen molar-refractivity contribution in [2.45, 2.75) is 84.4 Å². The van der Waals surface area contributed by atoms with Gasteiger partial charge in [-0.25, -0.2) is 9.78 Å². The normalized spacial score (nSPS) is 20.2. The number of ether oxygens (including phenoxy) is 1. The van der Waals surface area contributed by atoms with Crippen molar-refractivity contribution >= 4 is 34.9 Å². The SMILES string of the molecule is CN(C(=O)OC(C)(C)CC(C)(C)C)C1CCCC(Nc2nc3nc(Cl)ccc3o2)C1. The van der Waals surface area contributed by atoms with Crippen molar-refractivity contribution in [1.29, 1.82) is 0 Å². The minimum atomic E-state index is -0.512. The number of pyridine rings is 1. The molecule has 2 aromatic rings. The summed E-state index contributed by atoms with van der Waals surface area (Å²) in [6, 6.07) is 4.13. The fraction of sp³-hybridized carbons (Fsp3) is 0.682. The van der Waals surface area contributed by atoms with Gasteiger partial charge in [-0.2, -0.15) is 4.98 Å². The van der Waals surface area contributed by atoms with Crippen LogP contribution in [0, 0.1) is 5.41 Å². The van der Waals surface area contributed by atoms with Gasteiger partial charge in [0.2, 0.25) is 5.65 Å². The number of rotatable bonds is 5. The second-order valence-corrected chi connectivity index (χ2v) is 10.5. The van der Waals surface area contributed by atoms with Gasteiger partial charge in [-0.05, 0) is 63.5 Å². The summed E-state index contributed by atoms with van der Waals surface area (Å²) in [7, 11) is 1.83. The number of nitrogens with one attached hydrogen (secondary N) is 1. The van der Waals surface area contributed by atoms with E-state index in [1.807, 2.05) is 20.9 Å². The summed E-state index contributed by atoms with van der Waals surface area (Å²) in [5.41, 5.74) is 0.652. The molecule has 0 aliphatic heterocycles. The van der Waals surface area contributed by atoms with Crippen LogP contribution in [0.15, 0.2) is 16.5 Å². The van der Waals surface area contributed by atoms with Crippen LogP contribution in [-0.2, 0) is 4.74 Å². The Hall–Kier alpha value is -2.02. The Balaban J connectivity index is 1.59. The average Bonchev–Trinajstić information content (AvgIpc) is 2.99. The third kappa shape index (κ3) is 6.00. The van der Waals surface area contributed by atoms with Gasteiger partial charge in [0, 0.05) is 19.1 Å². The lowest BCUT2D eigenvalue weighted by atomic mass is 9.84. The van der Waals surface area contributed by atoms with E-state index in [2.05, 4.69) is 36.1 Å². The van der Waals surface area contributed by atoms with Crippen molar-refractivity contribution in [3.05, 3.63) is 17.3 Å². The van der Waals surface area contributed by atoms with Crippen LogP contribution < -0.4 is 5.32 Å². The van der Waals surface area contributed by atoms with Gasteiger partial charge in [-0.3, -0.25) is 0 Å². The number of anilines is 1. The number of nitrogens with zero attached hydrogens (tertiary/aromatic N) is 3. The van der Waals surface area contributed by atoms with Gasteiger partial charge in [-0.1, -0.05) is 32.4 Å². The highest BCUT2D eigenvalue weighted by molar-refractivity contribution is 6.29. The molecule has 1 fully saturated rings. The molecule has 1 amide bonds. The molecule has 7 nitrogen and oxygen atoms in total. The summed E-state index contributed by atoms with van der Waals surface area (Å²) in [5.74, 6) is 0. The van der Waals surface area contributed by atoms with E-state index in [-0.39, 0.29) is 23.6 Å². The average molecular weight is 437 g/mol. The Morgan fingerprint density at radius 3 is 2.70 bits per heavy atom. The maximum absolute atomic E-state index is 12.8. The number of hydrogen-bond acceptors (Lipinski definition) is 6. The van der Waals surface area contributed by atoms with E-state index in [0.29, 0.717) is 22.4 Å². The first kappa shape index (κ1) is 22.7. The van der Waals surface area contributed by atoms with E-state index in [1.54, 1.807) is 17.0 Å². The maximum atomic E-state index is 12.8. The molecule has 8 heteroatoms. The van der Waals surface area contributed by atoms with E-state index in [0.717, 1.165) is 32.1 Å². The molecule has 0 aromatic carbocycles. The number of halogens is 1. The number of oxazole rings is 1. The van der Waals surface area contributed by atoms with E-state index in [4.69, 9.17) is 20.8 Å². The fourth-order valence-electron chi connectivity index (χ4n) is 4.45. The molecule has 166 valence electrons. The third-order valence-electron chi connectivity index (χ3n) is 5.35. The fourth-order valence-corrected chi connectivity index (χ4v) is 4.59. The zero-order valence-electron chi connectivity index (χ0n) is 18.8. The molecular formula is C22H33ClN4O3. The van der Waals surface area contributed by atoms with Crippen molar-refractivity contribution in [3.8, 4) is 0 Å². The molecule has 2 heterocycles. The lowest BCUT2D eigenvalue weighted by Crippen LogP contribution is -2.46. The monoisotopic (exact) mass is 436 g/mol. The maximum Gasteiger partial charge on any atom is 0.410 e. The molecule has 1 saturated carbocycles. The Kier molecular flexibility index (Phi) is 6.51. The van der Waals surface area contributed by atoms with Gasteiger partial charge < -0.3 is 19.4 Å². The van der Waals surface area contributed by atoms with Crippen molar-refractivity contribution in [3.63, 3.8) is 0 Å². The highest BCUT2D eigenvalue weighted by Gasteiger charge is 2.34. The van der Waals surface area contributed by atoms with Crippen LogP contribution in [0.25, 0.3) is 11.2 Å². The number of hydrogen-bond donors (Lipinski definition) is 1. The lowest BCUT2D eigenvalue weighted by Gasteiger charge is -2.38. The Labute approximate surface area is 183 Å². The Morgan fingerprint density at radius 2 is 2.00 bits per heavy atom. The van der Waals surface area contributed by atoms with Crippen LogP contribution in [0.2, 0.25) is 5.15 Å². The minimum absolute atomic E-state index is 0.0842. The molecule has 3 rings (SSSR count). The van der Waals surface area contributed by atoms with Crippen molar-refractivity contribution < 1.29 is 13.9 Å². The van der Waals surface area contributed by atoms with Gasteiger partial charge in [-0.15, -0.1) is 0 Å². The number of carbonyl (C=O) groups excluding carboxylic acids is 1. The highest BCUT2D eigenvalue weighted by Crippen LogP contribution is 2.31. The number of carbonyl (C=O) groups is 1. The first-order valence-electron chi connectivity index (χ1n) is 10.6. The predicted molar refractivity (Wildman–Crippen MR) is 119 cm³/mol. The summed E-state index contributed by atoms with van der Waals surface area (Å²) < 4.78 is 11.6. The topological polar surface area (TPSA) is 80.5 Å². The molecule has 1 aliphatic rings. The minimum Gasteiger partial charge on any atom is -0.443 e. The van der Waals surface area contributed by atoms with E-state index in [9.17, 15) is 4.79 Å². The first-order chi connectivity index (χ1) is 13.9. The third-order valence-corrected chi connectivity index (χ3v) is 5.56. The highest BCUT2D eigenvalue weighted by atomic mass is 35.5. The second-order valence-electron chi connectivity index (χ2n) is 10.1. The summed E-state index contributed by atoms with van der Waals surface area (Å²) >= 11 is 5.92. The van der Waals surface area contributed by atoms with Gasteiger partial charge in [0.1, 0.15) is 10.8 Å². The van der Waals surface area contributed by atoms with Crippen LogP contribution in [0.1, 0.15) is 66.7 Å². The molecule has 0 bridgehead atoms. The van der Waals surface area contributed by atoms with Crippen LogP contribution in [0.5, 0.6) is 0 Å². The first-order valence-corrected chi connectivity index (χ1v) is 11.0. The summed E-state index contributed by atoms with van der Waals surface area (Å²) in [6.07, 6.45) is 4.28. The molecule has 1 aliphatic carbocycles. The van der Waals surface area contributed by atoms with Crippen molar-refractivity contribution in [1.82, 2.24) is 14.9 Å². The number of amides is 1. The summed E-state index contributed by atoms with van der Waals surface area (Å²) in [4.78, 5) is 23.1. The predicted octanol–water partition coefficient (Wildman–Crippen LogP) is 5.88. The standard InChI is InChI=1S/C22H33ClN4O3/c1-21(2,3)13-22(4,5)30-20(28)27(6)15-9-7-8-14(12-15)24-19-26-18-16(29-19)10-11-17(23)25-18/h10-11,14-15H,7-9,12-13H2,1-6H3,(H,24,25,26). The molecule has 0 spiro atoms. The van der Waals surface area contributed by atoms with Crippen LogP contribution in [0.3, 0.4) is 0 Å². The zero-order chi connectivity index (χ0) is 22.1.